The molecule has 2 aliphatic rings. The molecule has 2 fully saturated rings. The lowest BCUT2D eigenvalue weighted by molar-refractivity contribution is -0.128. The minimum atomic E-state index is -0.121. The van der Waals surface area contributed by atoms with E-state index in [0.717, 1.165) is 12.8 Å². The Balaban J connectivity index is 2.08. The lowest BCUT2D eigenvalue weighted by atomic mass is 9.94. The maximum atomic E-state index is 11.8. The summed E-state index contributed by atoms with van der Waals surface area (Å²) >= 11 is 5.17. The van der Waals surface area contributed by atoms with E-state index in [0.29, 0.717) is 11.2 Å². The third kappa shape index (κ3) is 1.63. The third-order valence-electron chi connectivity index (χ3n) is 3.11. The standard InChI is InChI=1S/C10H16N2OS/c1-7-9(13)12(10(14)11-7)8-5-3-2-4-6-8/h7-8H,2-6H2,1H3,(H,11,14)/t7-/m1/s1. The second-order valence-electron chi connectivity index (χ2n) is 4.17. The fourth-order valence-electron chi connectivity index (χ4n) is 2.31. The topological polar surface area (TPSA) is 32.3 Å². The number of hydrogen-bond donors (Lipinski definition) is 1. The lowest BCUT2D eigenvalue weighted by Gasteiger charge is -2.29. The lowest BCUT2D eigenvalue weighted by Crippen LogP contribution is -2.41. The first-order chi connectivity index (χ1) is 6.70. The zero-order chi connectivity index (χ0) is 10.1. The molecule has 0 bridgehead atoms. The molecule has 1 atom stereocenters. The van der Waals surface area contributed by atoms with E-state index in [1.165, 1.54) is 19.3 Å². The van der Waals surface area contributed by atoms with Gasteiger partial charge in [0.05, 0.1) is 0 Å². The van der Waals surface area contributed by atoms with Crippen LogP contribution in [0.2, 0.25) is 0 Å². The monoisotopic (exact) mass is 212 g/mol. The summed E-state index contributed by atoms with van der Waals surface area (Å²) in [6.45, 7) is 1.87. The van der Waals surface area contributed by atoms with E-state index < -0.39 is 0 Å². The second-order valence-corrected chi connectivity index (χ2v) is 4.56. The highest BCUT2D eigenvalue weighted by Gasteiger charge is 2.37. The van der Waals surface area contributed by atoms with Crippen molar-refractivity contribution in [3.8, 4) is 0 Å². The Kier molecular flexibility index (Phi) is 2.72. The molecular weight excluding hydrogens is 196 g/mol. The molecule has 1 saturated heterocycles. The van der Waals surface area contributed by atoms with Crippen molar-refractivity contribution in [1.29, 1.82) is 0 Å². The van der Waals surface area contributed by atoms with Crippen LogP contribution in [0.1, 0.15) is 39.0 Å². The van der Waals surface area contributed by atoms with Crippen LogP contribution < -0.4 is 5.32 Å². The van der Waals surface area contributed by atoms with Gasteiger partial charge in [-0.2, -0.15) is 0 Å². The molecule has 3 nitrogen and oxygen atoms in total. The molecule has 1 amide bonds. The van der Waals surface area contributed by atoms with Crippen molar-refractivity contribution in [2.45, 2.75) is 51.1 Å². The normalized spacial score (nSPS) is 29.5. The van der Waals surface area contributed by atoms with E-state index in [2.05, 4.69) is 5.32 Å². The Morgan fingerprint density at radius 3 is 2.50 bits per heavy atom. The predicted octanol–water partition coefficient (Wildman–Crippen LogP) is 1.42. The summed E-state index contributed by atoms with van der Waals surface area (Å²) < 4.78 is 0. The predicted molar refractivity (Wildman–Crippen MR) is 58.9 cm³/mol. The summed E-state index contributed by atoms with van der Waals surface area (Å²) in [5.74, 6) is 0.155. The number of thiocarbonyl (C=S) groups is 1. The number of amides is 1. The molecule has 78 valence electrons. The molecule has 1 N–H and O–H groups in total. The van der Waals surface area contributed by atoms with Crippen molar-refractivity contribution in [2.24, 2.45) is 0 Å². The van der Waals surface area contributed by atoms with Gasteiger partial charge in [0.15, 0.2) is 5.11 Å². The van der Waals surface area contributed by atoms with Gasteiger partial charge < -0.3 is 5.32 Å². The van der Waals surface area contributed by atoms with Crippen LogP contribution in [-0.4, -0.2) is 28.0 Å². The summed E-state index contributed by atoms with van der Waals surface area (Å²) in [4.78, 5) is 13.6. The van der Waals surface area contributed by atoms with Crippen molar-refractivity contribution < 1.29 is 4.79 Å². The minimum absolute atomic E-state index is 0.121. The fraction of sp³-hybridized carbons (Fsp3) is 0.800. The number of hydrogen-bond acceptors (Lipinski definition) is 2. The van der Waals surface area contributed by atoms with Crippen LogP contribution >= 0.6 is 12.2 Å². The molecule has 0 radical (unpaired) electrons. The van der Waals surface area contributed by atoms with Gasteiger partial charge in [-0.1, -0.05) is 19.3 Å². The number of carbonyl (C=O) groups excluding carboxylic acids is 1. The van der Waals surface area contributed by atoms with Crippen molar-refractivity contribution in [1.82, 2.24) is 10.2 Å². The molecule has 4 heteroatoms. The van der Waals surface area contributed by atoms with Crippen molar-refractivity contribution >= 4 is 23.2 Å². The zero-order valence-corrected chi connectivity index (χ0v) is 9.27. The van der Waals surface area contributed by atoms with Crippen LogP contribution in [0.3, 0.4) is 0 Å². The average molecular weight is 212 g/mol. The molecule has 0 aromatic carbocycles. The molecule has 2 rings (SSSR count). The van der Waals surface area contributed by atoms with Crippen LogP contribution in [0.25, 0.3) is 0 Å². The number of carbonyl (C=O) groups is 1. The molecule has 0 aromatic rings. The number of nitrogens with one attached hydrogen (secondary N) is 1. The fourth-order valence-corrected chi connectivity index (χ4v) is 2.73. The van der Waals surface area contributed by atoms with E-state index >= 15 is 0 Å². The average Bonchev–Trinajstić information content (AvgIpc) is 2.43. The highest BCUT2D eigenvalue weighted by molar-refractivity contribution is 7.80. The van der Waals surface area contributed by atoms with Crippen LogP contribution in [0.15, 0.2) is 0 Å². The van der Waals surface area contributed by atoms with Gasteiger partial charge in [-0.15, -0.1) is 0 Å². The van der Waals surface area contributed by atoms with Crippen molar-refractivity contribution in [2.75, 3.05) is 0 Å². The number of nitrogens with zero attached hydrogens (tertiary/aromatic N) is 1. The van der Waals surface area contributed by atoms with E-state index in [-0.39, 0.29) is 11.9 Å². The van der Waals surface area contributed by atoms with Crippen LogP contribution in [0.4, 0.5) is 0 Å². The maximum Gasteiger partial charge on any atom is 0.251 e. The van der Waals surface area contributed by atoms with Gasteiger partial charge in [0.1, 0.15) is 6.04 Å². The molecule has 0 spiro atoms. The van der Waals surface area contributed by atoms with Crippen LogP contribution in [0.5, 0.6) is 0 Å². The molecule has 1 aliphatic heterocycles. The van der Waals surface area contributed by atoms with Crippen molar-refractivity contribution in [3.63, 3.8) is 0 Å². The summed E-state index contributed by atoms with van der Waals surface area (Å²) in [5.41, 5.74) is 0. The maximum absolute atomic E-state index is 11.8. The van der Waals surface area contributed by atoms with Crippen LogP contribution in [0, 0.1) is 0 Å². The Bertz CT molecular complexity index is 261. The Morgan fingerprint density at radius 1 is 1.36 bits per heavy atom. The van der Waals surface area contributed by atoms with Gasteiger partial charge in [0.25, 0.3) is 5.91 Å². The molecule has 1 saturated carbocycles. The Hall–Kier alpha value is -0.640. The minimum Gasteiger partial charge on any atom is -0.351 e. The van der Waals surface area contributed by atoms with E-state index in [1.807, 2.05) is 6.92 Å². The Labute approximate surface area is 89.8 Å². The smallest absolute Gasteiger partial charge is 0.251 e. The quantitative estimate of drug-likeness (QED) is 0.667. The van der Waals surface area contributed by atoms with Crippen LogP contribution in [-0.2, 0) is 4.79 Å². The van der Waals surface area contributed by atoms with Gasteiger partial charge in [-0.25, -0.2) is 0 Å². The molecule has 0 aromatic heterocycles. The largest absolute Gasteiger partial charge is 0.351 e. The Morgan fingerprint density at radius 2 is 2.00 bits per heavy atom. The third-order valence-corrected chi connectivity index (χ3v) is 3.42. The molecule has 14 heavy (non-hydrogen) atoms. The zero-order valence-electron chi connectivity index (χ0n) is 8.45. The number of rotatable bonds is 1. The highest BCUT2D eigenvalue weighted by Crippen LogP contribution is 2.25. The summed E-state index contributed by atoms with van der Waals surface area (Å²) in [5, 5.41) is 3.66. The summed E-state index contributed by atoms with van der Waals surface area (Å²) in [6.07, 6.45) is 5.98. The molecule has 0 unspecified atom stereocenters. The summed E-state index contributed by atoms with van der Waals surface area (Å²) in [7, 11) is 0. The molecule has 1 heterocycles. The summed E-state index contributed by atoms with van der Waals surface area (Å²) in [6, 6.07) is 0.241. The van der Waals surface area contributed by atoms with Gasteiger partial charge in [-0.3, -0.25) is 9.69 Å². The van der Waals surface area contributed by atoms with Gasteiger partial charge in [0.2, 0.25) is 0 Å². The van der Waals surface area contributed by atoms with Crippen molar-refractivity contribution in [3.05, 3.63) is 0 Å². The first-order valence-corrected chi connectivity index (χ1v) is 5.74. The highest BCUT2D eigenvalue weighted by atomic mass is 32.1. The SMILES string of the molecule is C[C@H]1NC(=S)N(C2CCCCC2)C1=O. The molecular formula is C10H16N2OS. The van der Waals surface area contributed by atoms with Gasteiger partial charge in [0, 0.05) is 6.04 Å². The first kappa shape index (κ1) is 9.90. The second kappa shape index (κ2) is 3.85. The van der Waals surface area contributed by atoms with Gasteiger partial charge >= 0.3 is 0 Å². The van der Waals surface area contributed by atoms with E-state index in [1.54, 1.807) is 4.90 Å². The molecule has 1 aliphatic carbocycles. The first-order valence-electron chi connectivity index (χ1n) is 5.33. The van der Waals surface area contributed by atoms with Gasteiger partial charge in [-0.05, 0) is 32.0 Å². The van der Waals surface area contributed by atoms with E-state index in [4.69, 9.17) is 12.2 Å². The van der Waals surface area contributed by atoms with E-state index in [9.17, 15) is 4.79 Å².